The van der Waals surface area contributed by atoms with Crippen molar-refractivity contribution >= 4 is 23.4 Å². The molecular formula is C7H14N2O2S. The Balaban J connectivity index is 4.68. The summed E-state index contributed by atoms with van der Waals surface area (Å²) in [6.07, 6.45) is -0.532. The normalized spacial score (nSPS) is 10.7. The molecule has 0 aliphatic rings. The molecule has 2 N–H and O–H groups in total. The first-order valence-electron chi connectivity index (χ1n) is 3.48. The van der Waals surface area contributed by atoms with Crippen LogP contribution >= 0.6 is 12.2 Å². The summed E-state index contributed by atoms with van der Waals surface area (Å²) in [4.78, 5) is 12.4. The van der Waals surface area contributed by atoms with E-state index in [0.29, 0.717) is 0 Å². The summed E-state index contributed by atoms with van der Waals surface area (Å²) in [7, 11) is 1.29. The smallest absolute Gasteiger partial charge is 0.416 e. The largest absolute Gasteiger partial charge is 0.452 e. The van der Waals surface area contributed by atoms with Crippen molar-refractivity contribution in [2.24, 2.45) is 5.73 Å². The molecule has 0 spiro atoms. The number of carbonyl (C=O) groups excluding carboxylic acids is 1. The minimum atomic E-state index is -0.532. The lowest BCUT2D eigenvalue weighted by Gasteiger charge is -2.32. The molecule has 0 saturated carbocycles. The number of nitrogens with two attached hydrogens (primary N) is 1. The van der Waals surface area contributed by atoms with Gasteiger partial charge in [-0.2, -0.15) is 0 Å². The van der Waals surface area contributed by atoms with E-state index >= 15 is 0 Å². The van der Waals surface area contributed by atoms with Gasteiger partial charge in [0.05, 0.1) is 7.11 Å². The van der Waals surface area contributed by atoms with Crippen molar-refractivity contribution in [3.63, 3.8) is 0 Å². The maximum atomic E-state index is 11.1. The molecule has 12 heavy (non-hydrogen) atoms. The molecule has 0 fully saturated rings. The summed E-state index contributed by atoms with van der Waals surface area (Å²) >= 11 is 4.71. The van der Waals surface area contributed by atoms with Crippen molar-refractivity contribution in [2.45, 2.75) is 26.3 Å². The van der Waals surface area contributed by atoms with E-state index in [1.807, 2.05) is 20.8 Å². The lowest BCUT2D eigenvalue weighted by atomic mass is 10.1. The highest BCUT2D eigenvalue weighted by Gasteiger charge is 2.29. The zero-order valence-electron chi connectivity index (χ0n) is 7.75. The molecule has 0 atom stereocenters. The Morgan fingerprint density at radius 1 is 1.50 bits per heavy atom. The molecule has 5 heteroatoms. The molecule has 0 radical (unpaired) electrons. The maximum Gasteiger partial charge on any atom is 0.416 e. The van der Waals surface area contributed by atoms with Crippen LogP contribution < -0.4 is 5.73 Å². The van der Waals surface area contributed by atoms with Gasteiger partial charge in [0, 0.05) is 5.54 Å². The third kappa shape index (κ3) is 2.65. The minimum absolute atomic E-state index is 0.0225. The molecule has 1 amide bonds. The van der Waals surface area contributed by atoms with Crippen LogP contribution in [-0.2, 0) is 4.74 Å². The molecule has 0 rings (SSSR count). The molecule has 0 aromatic rings. The van der Waals surface area contributed by atoms with Gasteiger partial charge >= 0.3 is 6.09 Å². The zero-order valence-corrected chi connectivity index (χ0v) is 8.57. The van der Waals surface area contributed by atoms with E-state index < -0.39 is 11.6 Å². The molecule has 0 aromatic heterocycles. The van der Waals surface area contributed by atoms with Gasteiger partial charge < -0.3 is 10.5 Å². The average Bonchev–Trinajstić information content (AvgIpc) is 1.83. The van der Waals surface area contributed by atoms with Crippen LogP contribution in [0.5, 0.6) is 0 Å². The van der Waals surface area contributed by atoms with Gasteiger partial charge in [-0.15, -0.1) is 0 Å². The van der Waals surface area contributed by atoms with Gasteiger partial charge in [-0.3, -0.25) is 0 Å². The fourth-order valence-corrected chi connectivity index (χ4v) is 1.13. The lowest BCUT2D eigenvalue weighted by Crippen LogP contribution is -2.51. The SMILES string of the molecule is COC(=O)N(C(N)=S)C(C)(C)C. The summed E-state index contributed by atoms with van der Waals surface area (Å²) in [5.41, 5.74) is 4.91. The topological polar surface area (TPSA) is 55.6 Å². The van der Waals surface area contributed by atoms with Gasteiger partial charge in [0.1, 0.15) is 0 Å². The van der Waals surface area contributed by atoms with E-state index in [9.17, 15) is 4.79 Å². The molecule has 4 nitrogen and oxygen atoms in total. The van der Waals surface area contributed by atoms with Crippen LogP contribution in [0, 0.1) is 0 Å². The van der Waals surface area contributed by atoms with Gasteiger partial charge in [0.25, 0.3) is 0 Å². The van der Waals surface area contributed by atoms with E-state index in [-0.39, 0.29) is 5.11 Å². The van der Waals surface area contributed by atoms with Gasteiger partial charge in [-0.25, -0.2) is 9.69 Å². The Morgan fingerprint density at radius 3 is 2.00 bits per heavy atom. The van der Waals surface area contributed by atoms with Gasteiger partial charge in [-0.05, 0) is 33.0 Å². The summed E-state index contributed by atoms with van der Waals surface area (Å²) in [6, 6.07) is 0. The molecule has 0 aromatic carbocycles. The number of rotatable bonds is 0. The highest BCUT2D eigenvalue weighted by Crippen LogP contribution is 2.13. The summed E-state index contributed by atoms with van der Waals surface area (Å²) < 4.78 is 4.52. The van der Waals surface area contributed by atoms with E-state index in [0.717, 1.165) is 0 Å². The summed E-state index contributed by atoms with van der Waals surface area (Å²) in [5, 5.41) is 0.0225. The predicted molar refractivity (Wildman–Crippen MR) is 50.8 cm³/mol. The second kappa shape index (κ2) is 3.71. The van der Waals surface area contributed by atoms with Gasteiger partial charge in [0.2, 0.25) is 0 Å². The fraction of sp³-hybridized carbons (Fsp3) is 0.714. The minimum Gasteiger partial charge on any atom is -0.452 e. The number of nitrogens with zero attached hydrogens (tertiary/aromatic N) is 1. The predicted octanol–water partition coefficient (Wildman–Crippen LogP) is 1.10. The second-order valence-corrected chi connectivity index (χ2v) is 3.73. The van der Waals surface area contributed by atoms with Gasteiger partial charge in [-0.1, -0.05) is 0 Å². The third-order valence-electron chi connectivity index (χ3n) is 1.25. The molecule has 0 saturated heterocycles. The molecule has 0 aliphatic carbocycles. The third-order valence-corrected chi connectivity index (χ3v) is 1.43. The van der Waals surface area contributed by atoms with E-state index in [2.05, 4.69) is 4.74 Å². The van der Waals surface area contributed by atoms with Crippen molar-refractivity contribution < 1.29 is 9.53 Å². The van der Waals surface area contributed by atoms with Crippen molar-refractivity contribution in [3.05, 3.63) is 0 Å². The lowest BCUT2D eigenvalue weighted by molar-refractivity contribution is 0.121. The fourth-order valence-electron chi connectivity index (χ4n) is 0.786. The molecule has 0 bridgehead atoms. The number of ether oxygens (including phenoxy) is 1. The Labute approximate surface area is 77.7 Å². The first kappa shape index (κ1) is 11.2. The standard InChI is InChI=1S/C7H14N2O2S/c1-7(2,3)9(5(8)12)6(10)11-4/h1-4H3,(H2,8,12). The highest BCUT2D eigenvalue weighted by molar-refractivity contribution is 7.80. The number of hydrogen-bond donors (Lipinski definition) is 1. The average molecular weight is 190 g/mol. The number of carbonyl (C=O) groups is 1. The Kier molecular flexibility index (Phi) is 3.45. The van der Waals surface area contributed by atoms with Crippen molar-refractivity contribution in [2.75, 3.05) is 7.11 Å². The molecule has 70 valence electrons. The number of methoxy groups -OCH3 is 1. The molecule has 0 aliphatic heterocycles. The Bertz CT molecular complexity index is 198. The monoisotopic (exact) mass is 190 g/mol. The zero-order chi connectivity index (χ0) is 9.94. The van der Waals surface area contributed by atoms with Crippen molar-refractivity contribution in [1.82, 2.24) is 4.90 Å². The molecule has 0 heterocycles. The molecular weight excluding hydrogens is 176 g/mol. The van der Waals surface area contributed by atoms with E-state index in [1.165, 1.54) is 12.0 Å². The first-order chi connectivity index (χ1) is 5.30. The Morgan fingerprint density at radius 2 is 1.92 bits per heavy atom. The Hall–Kier alpha value is -0.840. The quantitative estimate of drug-likeness (QED) is 0.581. The van der Waals surface area contributed by atoms with Crippen molar-refractivity contribution in [1.29, 1.82) is 0 Å². The van der Waals surface area contributed by atoms with Gasteiger partial charge in [0.15, 0.2) is 5.11 Å². The second-order valence-electron chi connectivity index (χ2n) is 3.31. The number of hydrogen-bond acceptors (Lipinski definition) is 3. The van der Waals surface area contributed by atoms with Crippen LogP contribution in [0.2, 0.25) is 0 Å². The maximum absolute atomic E-state index is 11.1. The summed E-state index contributed by atoms with van der Waals surface area (Å²) in [5.74, 6) is 0. The molecule has 0 unspecified atom stereocenters. The number of thiocarbonyl (C=S) groups is 1. The van der Waals surface area contributed by atoms with Crippen LogP contribution in [0.1, 0.15) is 20.8 Å². The van der Waals surface area contributed by atoms with Crippen LogP contribution in [0.25, 0.3) is 0 Å². The number of amides is 1. The van der Waals surface area contributed by atoms with E-state index in [4.69, 9.17) is 18.0 Å². The van der Waals surface area contributed by atoms with Crippen LogP contribution in [0.15, 0.2) is 0 Å². The highest BCUT2D eigenvalue weighted by atomic mass is 32.1. The van der Waals surface area contributed by atoms with Crippen LogP contribution in [-0.4, -0.2) is 28.8 Å². The van der Waals surface area contributed by atoms with Crippen molar-refractivity contribution in [3.8, 4) is 0 Å². The first-order valence-corrected chi connectivity index (χ1v) is 3.89. The van der Waals surface area contributed by atoms with Crippen LogP contribution in [0.3, 0.4) is 0 Å². The van der Waals surface area contributed by atoms with Crippen LogP contribution in [0.4, 0.5) is 4.79 Å². The summed E-state index contributed by atoms with van der Waals surface area (Å²) in [6.45, 7) is 5.47. The van der Waals surface area contributed by atoms with E-state index in [1.54, 1.807) is 0 Å².